The standard InChI is InChI=1S/C25H23N5O3S/c1-16-12-20(18(3)30(16)23-13-17(2)33-28-23)21(31)15-34-25-27-26-24(22-10-7-11-32-22)29(25)14-19-8-5-4-6-9-19/h4-13H,14-15H2,1-3H3. The molecule has 34 heavy (non-hydrogen) atoms. The lowest BCUT2D eigenvalue weighted by molar-refractivity contribution is 0.102. The fourth-order valence-electron chi connectivity index (χ4n) is 3.96. The molecule has 0 aliphatic rings. The maximum absolute atomic E-state index is 13.2. The van der Waals surface area contributed by atoms with E-state index in [1.54, 1.807) is 6.26 Å². The first-order valence-electron chi connectivity index (χ1n) is 10.8. The Kier molecular flexibility index (Phi) is 5.93. The van der Waals surface area contributed by atoms with Gasteiger partial charge in [0.1, 0.15) is 5.76 Å². The highest BCUT2D eigenvalue weighted by molar-refractivity contribution is 7.99. The molecule has 9 heteroatoms. The van der Waals surface area contributed by atoms with Crippen LogP contribution in [0.4, 0.5) is 0 Å². The zero-order valence-corrected chi connectivity index (χ0v) is 19.9. The van der Waals surface area contributed by atoms with Gasteiger partial charge >= 0.3 is 0 Å². The summed E-state index contributed by atoms with van der Waals surface area (Å²) in [5, 5.41) is 13.5. The van der Waals surface area contributed by atoms with E-state index in [2.05, 4.69) is 15.4 Å². The molecule has 0 spiro atoms. The van der Waals surface area contributed by atoms with Gasteiger partial charge in [0.2, 0.25) is 5.82 Å². The van der Waals surface area contributed by atoms with Crippen LogP contribution in [0.3, 0.4) is 0 Å². The second kappa shape index (κ2) is 9.18. The topological polar surface area (TPSA) is 91.9 Å². The first-order chi connectivity index (χ1) is 16.5. The number of Topliss-reactive ketones (excluding diaryl/α,β-unsaturated/α-hetero) is 1. The van der Waals surface area contributed by atoms with E-state index in [0.717, 1.165) is 22.7 Å². The molecule has 4 aromatic heterocycles. The van der Waals surface area contributed by atoms with E-state index in [1.165, 1.54) is 11.8 Å². The van der Waals surface area contributed by atoms with Crippen molar-refractivity contribution in [3.63, 3.8) is 0 Å². The predicted molar refractivity (Wildman–Crippen MR) is 128 cm³/mol. The highest BCUT2D eigenvalue weighted by Crippen LogP contribution is 2.27. The van der Waals surface area contributed by atoms with Gasteiger partial charge in [-0.2, -0.15) is 0 Å². The minimum atomic E-state index is 0.0124. The van der Waals surface area contributed by atoms with Crippen molar-refractivity contribution in [3.05, 3.63) is 89.1 Å². The molecule has 0 N–H and O–H groups in total. The molecule has 0 atom stereocenters. The lowest BCUT2D eigenvalue weighted by Crippen LogP contribution is -2.08. The van der Waals surface area contributed by atoms with Crippen molar-refractivity contribution in [1.82, 2.24) is 24.5 Å². The fourth-order valence-corrected chi connectivity index (χ4v) is 4.78. The van der Waals surface area contributed by atoms with Gasteiger partial charge in [-0.05, 0) is 44.5 Å². The zero-order chi connectivity index (χ0) is 23.7. The second-order valence-electron chi connectivity index (χ2n) is 7.98. The zero-order valence-electron chi connectivity index (χ0n) is 19.1. The van der Waals surface area contributed by atoms with Crippen LogP contribution >= 0.6 is 11.8 Å². The SMILES string of the molecule is Cc1cc(-n2c(C)cc(C(=O)CSc3nnc(-c4ccco4)n3Cc3ccccc3)c2C)no1. The Bertz CT molecular complexity index is 1430. The number of carbonyl (C=O) groups excluding carboxylic acids is 1. The molecule has 172 valence electrons. The fraction of sp³-hybridized carbons (Fsp3) is 0.200. The van der Waals surface area contributed by atoms with E-state index in [-0.39, 0.29) is 11.5 Å². The molecule has 0 radical (unpaired) electrons. The van der Waals surface area contributed by atoms with E-state index >= 15 is 0 Å². The van der Waals surface area contributed by atoms with E-state index in [9.17, 15) is 4.79 Å². The van der Waals surface area contributed by atoms with E-state index < -0.39 is 0 Å². The summed E-state index contributed by atoms with van der Waals surface area (Å²) >= 11 is 1.37. The summed E-state index contributed by atoms with van der Waals surface area (Å²) in [5.41, 5.74) is 3.52. The van der Waals surface area contributed by atoms with Gasteiger partial charge in [0.15, 0.2) is 22.5 Å². The number of nitrogens with zero attached hydrogens (tertiary/aromatic N) is 5. The molecule has 0 fully saturated rings. The van der Waals surface area contributed by atoms with Crippen LogP contribution < -0.4 is 0 Å². The van der Waals surface area contributed by atoms with Crippen molar-refractivity contribution >= 4 is 17.5 Å². The summed E-state index contributed by atoms with van der Waals surface area (Å²) in [7, 11) is 0. The molecular weight excluding hydrogens is 450 g/mol. The molecule has 4 heterocycles. The number of furan rings is 1. The largest absolute Gasteiger partial charge is 0.461 e. The van der Waals surface area contributed by atoms with Gasteiger partial charge in [0.05, 0.1) is 18.6 Å². The average Bonchev–Trinajstić information content (AvgIpc) is 3.62. The molecule has 5 aromatic rings. The molecule has 0 aliphatic carbocycles. The average molecular weight is 474 g/mol. The molecule has 1 aromatic carbocycles. The highest BCUT2D eigenvalue weighted by Gasteiger charge is 2.21. The Labute approximate surface area is 200 Å². The van der Waals surface area contributed by atoms with Crippen molar-refractivity contribution in [2.75, 3.05) is 5.75 Å². The molecule has 0 saturated carbocycles. The lowest BCUT2D eigenvalue weighted by atomic mass is 10.2. The van der Waals surface area contributed by atoms with Crippen LogP contribution in [0.25, 0.3) is 17.4 Å². The lowest BCUT2D eigenvalue weighted by Gasteiger charge is -2.09. The van der Waals surface area contributed by atoms with Gasteiger partial charge in [-0.1, -0.05) is 47.3 Å². The Balaban J connectivity index is 1.40. The molecule has 0 unspecified atom stereocenters. The Morgan fingerprint density at radius 2 is 1.85 bits per heavy atom. The van der Waals surface area contributed by atoms with E-state index in [0.29, 0.717) is 34.7 Å². The van der Waals surface area contributed by atoms with Crippen molar-refractivity contribution in [2.45, 2.75) is 32.5 Å². The van der Waals surface area contributed by atoms with Crippen molar-refractivity contribution < 1.29 is 13.7 Å². The number of thioether (sulfide) groups is 1. The summed E-state index contributed by atoms with van der Waals surface area (Å²) < 4.78 is 14.7. The molecule has 0 bridgehead atoms. The van der Waals surface area contributed by atoms with Gasteiger partial charge in [0, 0.05) is 23.0 Å². The Hall–Kier alpha value is -3.85. The third kappa shape index (κ3) is 4.22. The molecular formula is C25H23N5O3S. The summed E-state index contributed by atoms with van der Waals surface area (Å²) in [6.07, 6.45) is 1.61. The minimum Gasteiger partial charge on any atom is -0.461 e. The van der Waals surface area contributed by atoms with Gasteiger partial charge in [-0.3, -0.25) is 13.9 Å². The number of aryl methyl sites for hydroxylation is 2. The van der Waals surface area contributed by atoms with Gasteiger partial charge in [0.25, 0.3) is 0 Å². The van der Waals surface area contributed by atoms with Crippen molar-refractivity contribution in [2.24, 2.45) is 0 Å². The number of hydrogen-bond acceptors (Lipinski definition) is 7. The van der Waals surface area contributed by atoms with Crippen LogP contribution in [0, 0.1) is 20.8 Å². The first-order valence-corrected chi connectivity index (χ1v) is 11.8. The second-order valence-corrected chi connectivity index (χ2v) is 8.93. The summed E-state index contributed by atoms with van der Waals surface area (Å²) in [6.45, 7) is 6.28. The number of carbonyl (C=O) groups is 1. The first kappa shape index (κ1) is 22.0. The summed E-state index contributed by atoms with van der Waals surface area (Å²) in [6, 6.07) is 17.5. The summed E-state index contributed by atoms with van der Waals surface area (Å²) in [5.74, 6) is 2.89. The van der Waals surface area contributed by atoms with E-state index in [1.807, 2.05) is 84.5 Å². The minimum absolute atomic E-state index is 0.0124. The van der Waals surface area contributed by atoms with Gasteiger partial charge in [-0.25, -0.2) is 0 Å². The maximum Gasteiger partial charge on any atom is 0.200 e. The van der Waals surface area contributed by atoms with Crippen LogP contribution in [-0.4, -0.2) is 36.0 Å². The van der Waals surface area contributed by atoms with Gasteiger partial charge in [-0.15, -0.1) is 10.2 Å². The molecule has 0 amide bonds. The van der Waals surface area contributed by atoms with Crippen LogP contribution in [-0.2, 0) is 6.54 Å². The van der Waals surface area contributed by atoms with Crippen molar-refractivity contribution in [1.29, 1.82) is 0 Å². The number of hydrogen-bond donors (Lipinski definition) is 0. The third-order valence-electron chi connectivity index (χ3n) is 5.55. The van der Waals surface area contributed by atoms with Crippen LogP contribution in [0.2, 0.25) is 0 Å². The molecule has 5 rings (SSSR count). The van der Waals surface area contributed by atoms with Crippen LogP contribution in [0.1, 0.15) is 33.1 Å². The number of benzene rings is 1. The third-order valence-corrected chi connectivity index (χ3v) is 6.52. The van der Waals surface area contributed by atoms with Crippen LogP contribution in [0.15, 0.2) is 75.0 Å². The highest BCUT2D eigenvalue weighted by atomic mass is 32.2. The smallest absolute Gasteiger partial charge is 0.200 e. The molecule has 8 nitrogen and oxygen atoms in total. The monoisotopic (exact) mass is 473 g/mol. The molecule has 0 aliphatic heterocycles. The normalized spacial score (nSPS) is 11.3. The molecule has 0 saturated heterocycles. The van der Waals surface area contributed by atoms with Crippen LogP contribution in [0.5, 0.6) is 0 Å². The summed E-state index contributed by atoms with van der Waals surface area (Å²) in [4.78, 5) is 13.2. The quantitative estimate of drug-likeness (QED) is 0.224. The van der Waals surface area contributed by atoms with Gasteiger partial charge < -0.3 is 8.94 Å². The Morgan fingerprint density at radius 1 is 1.03 bits per heavy atom. The van der Waals surface area contributed by atoms with E-state index in [4.69, 9.17) is 8.94 Å². The predicted octanol–water partition coefficient (Wildman–Crippen LogP) is 5.27. The number of ketones is 1. The number of rotatable bonds is 8. The maximum atomic E-state index is 13.2. The van der Waals surface area contributed by atoms with Crippen molar-refractivity contribution in [3.8, 4) is 17.4 Å². The number of aromatic nitrogens is 5. The Morgan fingerprint density at radius 3 is 2.56 bits per heavy atom.